The fourth-order valence-electron chi connectivity index (χ4n) is 4.04. The van der Waals surface area contributed by atoms with Crippen LogP contribution in [-0.2, 0) is 21.4 Å². The van der Waals surface area contributed by atoms with Crippen LogP contribution in [0.3, 0.4) is 0 Å². The van der Waals surface area contributed by atoms with Gasteiger partial charge in [-0.3, -0.25) is 9.10 Å². The van der Waals surface area contributed by atoms with Gasteiger partial charge in [0.15, 0.2) is 10.7 Å². The van der Waals surface area contributed by atoms with Crippen molar-refractivity contribution in [3.05, 3.63) is 113 Å². The number of carbonyl (C=O) groups is 1. The normalized spacial score (nSPS) is 14.7. The molecule has 8 heteroatoms. The Morgan fingerprint density at radius 2 is 1.56 bits per heavy atom. The van der Waals surface area contributed by atoms with Crippen molar-refractivity contribution < 1.29 is 22.7 Å². The van der Waals surface area contributed by atoms with Crippen LogP contribution in [0, 0.1) is 5.82 Å². The van der Waals surface area contributed by atoms with Gasteiger partial charge >= 0.3 is 0 Å². The number of aliphatic hydroxyl groups excluding tert-OH is 1. The molecule has 0 saturated heterocycles. The molecule has 34 heavy (non-hydrogen) atoms. The number of halogens is 1. The Morgan fingerprint density at radius 3 is 2.35 bits per heavy atom. The molecule has 0 aliphatic carbocycles. The van der Waals surface area contributed by atoms with Gasteiger partial charge in [-0.2, -0.15) is 0 Å². The van der Waals surface area contributed by atoms with Crippen LogP contribution < -0.4 is 9.62 Å². The minimum atomic E-state index is -4.45. The summed E-state index contributed by atoms with van der Waals surface area (Å²) in [6.07, 6.45) is 0. The number of sulfonamides is 1. The summed E-state index contributed by atoms with van der Waals surface area (Å²) in [5, 5.41) is 15.2. The van der Waals surface area contributed by atoms with Crippen molar-refractivity contribution in [2.24, 2.45) is 0 Å². The average molecular weight is 475 g/mol. The SMILES string of the molecule is O=C(Nc1cccc2ccccc12)C1=C(O)c2ccccc2N(Cc2ccc(F)cc2)S1(=O)=O. The molecule has 4 aromatic rings. The summed E-state index contributed by atoms with van der Waals surface area (Å²) in [6.45, 7) is -0.141. The molecule has 1 aliphatic heterocycles. The van der Waals surface area contributed by atoms with E-state index in [1.807, 2.05) is 30.3 Å². The lowest BCUT2D eigenvalue weighted by molar-refractivity contribution is -0.112. The predicted octanol–water partition coefficient (Wildman–Crippen LogP) is 5.19. The molecule has 0 spiro atoms. The standard InChI is InChI=1S/C26H19FN2O4S/c27-19-14-12-17(13-15-19)16-29-23-11-4-3-9-21(23)24(30)25(34(29,32)33)26(31)28-22-10-5-7-18-6-1-2-8-20(18)22/h1-15,30H,16H2,(H,28,31). The molecule has 1 aliphatic rings. The average Bonchev–Trinajstić information content (AvgIpc) is 2.83. The maximum atomic E-state index is 13.6. The third kappa shape index (κ3) is 3.68. The minimum Gasteiger partial charge on any atom is -0.506 e. The van der Waals surface area contributed by atoms with Crippen molar-refractivity contribution >= 4 is 43.8 Å². The Kier molecular flexibility index (Phi) is 5.30. The first-order chi connectivity index (χ1) is 16.4. The van der Waals surface area contributed by atoms with Crippen molar-refractivity contribution in [2.75, 3.05) is 9.62 Å². The molecule has 5 rings (SSSR count). The molecule has 0 unspecified atom stereocenters. The number of nitrogens with one attached hydrogen (secondary N) is 1. The number of aliphatic hydroxyl groups is 1. The minimum absolute atomic E-state index is 0.141. The summed E-state index contributed by atoms with van der Waals surface area (Å²) >= 11 is 0. The van der Waals surface area contributed by atoms with Crippen LogP contribution >= 0.6 is 0 Å². The number of rotatable bonds is 4. The highest BCUT2D eigenvalue weighted by Gasteiger charge is 2.41. The molecule has 6 nitrogen and oxygen atoms in total. The third-order valence-corrected chi connectivity index (χ3v) is 7.48. The fourth-order valence-corrected chi connectivity index (χ4v) is 5.64. The quantitative estimate of drug-likeness (QED) is 0.426. The van der Waals surface area contributed by atoms with Gasteiger partial charge in [-0.25, -0.2) is 12.8 Å². The van der Waals surface area contributed by atoms with E-state index in [2.05, 4.69) is 5.32 Å². The molecule has 0 fully saturated rings. The molecule has 1 amide bonds. The van der Waals surface area contributed by atoms with Gasteiger partial charge in [0, 0.05) is 16.6 Å². The van der Waals surface area contributed by atoms with Crippen LogP contribution in [0.5, 0.6) is 0 Å². The fraction of sp³-hybridized carbons (Fsp3) is 0.0385. The number of carbonyl (C=O) groups excluding carboxylic acids is 1. The van der Waals surface area contributed by atoms with Gasteiger partial charge in [0.2, 0.25) is 0 Å². The molecule has 1 heterocycles. The van der Waals surface area contributed by atoms with Crippen molar-refractivity contribution in [1.82, 2.24) is 0 Å². The molecule has 0 aromatic heterocycles. The van der Waals surface area contributed by atoms with Crippen molar-refractivity contribution in [2.45, 2.75) is 6.54 Å². The summed E-state index contributed by atoms with van der Waals surface area (Å²) in [6, 6.07) is 24.4. The molecule has 2 N–H and O–H groups in total. The first-order valence-corrected chi connectivity index (χ1v) is 11.9. The molecular formula is C26H19FN2O4S. The van der Waals surface area contributed by atoms with Gasteiger partial charge in [0.05, 0.1) is 12.2 Å². The second-order valence-electron chi connectivity index (χ2n) is 7.81. The van der Waals surface area contributed by atoms with E-state index in [-0.39, 0.29) is 17.8 Å². The number of hydrogen-bond donors (Lipinski definition) is 2. The number of nitrogens with zero attached hydrogens (tertiary/aromatic N) is 1. The Labute approximate surface area is 195 Å². The second kappa shape index (κ2) is 8.31. The van der Waals surface area contributed by atoms with Gasteiger partial charge in [0.1, 0.15) is 5.82 Å². The van der Waals surface area contributed by atoms with Crippen LogP contribution in [0.25, 0.3) is 16.5 Å². The number of hydrogen-bond acceptors (Lipinski definition) is 4. The Bertz CT molecular complexity index is 1560. The molecule has 0 saturated carbocycles. The summed E-state index contributed by atoms with van der Waals surface area (Å²) in [5.41, 5.74) is 1.38. The number of fused-ring (bicyclic) bond motifs is 2. The molecular weight excluding hydrogens is 455 g/mol. The first-order valence-electron chi connectivity index (χ1n) is 10.5. The van der Waals surface area contributed by atoms with E-state index in [0.717, 1.165) is 15.1 Å². The van der Waals surface area contributed by atoms with Gasteiger partial charge in [-0.1, -0.05) is 60.7 Å². The van der Waals surface area contributed by atoms with E-state index in [0.29, 0.717) is 11.3 Å². The van der Waals surface area contributed by atoms with Crippen LogP contribution in [0.1, 0.15) is 11.1 Å². The van der Waals surface area contributed by atoms with E-state index in [9.17, 15) is 22.7 Å². The largest absolute Gasteiger partial charge is 0.506 e. The highest BCUT2D eigenvalue weighted by atomic mass is 32.2. The van der Waals surface area contributed by atoms with Crippen LogP contribution in [0.2, 0.25) is 0 Å². The number of amides is 1. The van der Waals surface area contributed by atoms with E-state index in [1.165, 1.54) is 24.3 Å². The summed E-state index contributed by atoms with van der Waals surface area (Å²) in [4.78, 5) is 12.6. The topological polar surface area (TPSA) is 86.7 Å². The smallest absolute Gasteiger partial charge is 0.273 e. The zero-order valence-corrected chi connectivity index (χ0v) is 18.6. The van der Waals surface area contributed by atoms with Gasteiger partial charge in [-0.05, 0) is 41.3 Å². The Hall–Kier alpha value is -4.17. The lowest BCUT2D eigenvalue weighted by Gasteiger charge is -2.31. The monoisotopic (exact) mass is 474 g/mol. The van der Waals surface area contributed by atoms with Gasteiger partial charge in [-0.15, -0.1) is 0 Å². The molecule has 0 bridgehead atoms. The van der Waals surface area contributed by atoms with Crippen molar-refractivity contribution in [3.63, 3.8) is 0 Å². The Balaban J connectivity index is 1.59. The van der Waals surface area contributed by atoms with Gasteiger partial charge < -0.3 is 10.4 Å². The maximum Gasteiger partial charge on any atom is 0.273 e. The van der Waals surface area contributed by atoms with E-state index >= 15 is 0 Å². The van der Waals surface area contributed by atoms with Crippen LogP contribution in [0.15, 0.2) is 95.9 Å². The zero-order chi connectivity index (χ0) is 23.9. The summed E-state index contributed by atoms with van der Waals surface area (Å²) in [5.74, 6) is -2.02. The maximum absolute atomic E-state index is 13.6. The van der Waals surface area contributed by atoms with Crippen LogP contribution in [-0.4, -0.2) is 19.4 Å². The lowest BCUT2D eigenvalue weighted by Crippen LogP contribution is -2.39. The number of benzene rings is 4. The lowest BCUT2D eigenvalue weighted by atomic mass is 10.1. The van der Waals surface area contributed by atoms with E-state index in [4.69, 9.17) is 0 Å². The zero-order valence-electron chi connectivity index (χ0n) is 17.8. The third-order valence-electron chi connectivity index (χ3n) is 5.67. The molecule has 0 atom stereocenters. The highest BCUT2D eigenvalue weighted by molar-refractivity contribution is 7.97. The first kappa shape index (κ1) is 21.7. The molecule has 4 aromatic carbocycles. The van der Waals surface area contributed by atoms with Crippen LogP contribution in [0.4, 0.5) is 15.8 Å². The van der Waals surface area contributed by atoms with E-state index < -0.39 is 32.4 Å². The second-order valence-corrected chi connectivity index (χ2v) is 9.61. The Morgan fingerprint density at radius 1 is 0.882 bits per heavy atom. The van der Waals surface area contributed by atoms with Gasteiger partial charge in [0.25, 0.3) is 15.9 Å². The van der Waals surface area contributed by atoms with Crippen molar-refractivity contribution in [1.29, 1.82) is 0 Å². The number of para-hydroxylation sites is 1. The van der Waals surface area contributed by atoms with Crippen molar-refractivity contribution in [3.8, 4) is 0 Å². The summed E-state index contributed by atoms with van der Waals surface area (Å²) in [7, 11) is -4.45. The molecule has 170 valence electrons. The van der Waals surface area contributed by atoms with E-state index in [1.54, 1.807) is 36.4 Å². The summed E-state index contributed by atoms with van der Waals surface area (Å²) < 4.78 is 41.7. The molecule has 0 radical (unpaired) electrons. The highest BCUT2D eigenvalue weighted by Crippen LogP contribution is 2.39. The number of anilines is 2. The predicted molar refractivity (Wildman–Crippen MR) is 130 cm³/mol.